The van der Waals surface area contributed by atoms with Gasteiger partial charge in [0, 0.05) is 0 Å². The van der Waals surface area contributed by atoms with Gasteiger partial charge in [-0.1, -0.05) is 43.8 Å². The smallest absolute Gasteiger partial charge is 0.146 e. The Hall–Kier alpha value is -0.863. The molecule has 0 saturated carbocycles. The van der Waals surface area contributed by atoms with Crippen LogP contribution in [0.25, 0.3) is 6.08 Å². The molecule has 0 aliphatic carbocycles. The van der Waals surface area contributed by atoms with Crippen molar-refractivity contribution in [2.24, 2.45) is 0 Å². The third-order valence-electron chi connectivity index (χ3n) is 2.22. The molecule has 1 nitrogen and oxygen atoms in total. The molecule has 1 aromatic carbocycles. The van der Waals surface area contributed by atoms with Gasteiger partial charge in [-0.3, -0.25) is 0 Å². The van der Waals surface area contributed by atoms with Crippen molar-refractivity contribution in [3.05, 3.63) is 42.0 Å². The van der Waals surface area contributed by atoms with Crippen molar-refractivity contribution in [2.45, 2.75) is 19.4 Å². The van der Waals surface area contributed by atoms with Gasteiger partial charge < -0.3 is 4.43 Å². The van der Waals surface area contributed by atoms with E-state index < -0.39 is 0 Å². The molecule has 0 aromatic heterocycles. The summed E-state index contributed by atoms with van der Waals surface area (Å²) in [5.41, 5.74) is 2.44. The van der Waals surface area contributed by atoms with Gasteiger partial charge in [-0.15, -0.1) is 0 Å². The molecule has 1 rings (SSSR count). The van der Waals surface area contributed by atoms with E-state index in [1.807, 2.05) is 18.2 Å². The van der Waals surface area contributed by atoms with Gasteiger partial charge in [0.05, 0.1) is 6.10 Å². The molecule has 1 atom stereocenters. The van der Waals surface area contributed by atoms with Crippen LogP contribution >= 0.6 is 0 Å². The summed E-state index contributed by atoms with van der Waals surface area (Å²) in [6.45, 7) is 5.94. The number of benzene rings is 1. The summed E-state index contributed by atoms with van der Waals surface area (Å²) in [5, 5.41) is 0. The Balaban J connectivity index is 3.03. The molecule has 0 spiro atoms. The van der Waals surface area contributed by atoms with Gasteiger partial charge in [-0.05, 0) is 17.5 Å². The van der Waals surface area contributed by atoms with Gasteiger partial charge in [0.1, 0.15) is 10.5 Å². The zero-order valence-electron chi connectivity index (χ0n) is 8.29. The van der Waals surface area contributed by atoms with Crippen LogP contribution in [0, 0.1) is 0 Å². The van der Waals surface area contributed by atoms with E-state index >= 15 is 0 Å². The lowest BCUT2D eigenvalue weighted by Gasteiger charge is -2.16. The molecular weight excluding hydrogens is 176 g/mol. The van der Waals surface area contributed by atoms with Crippen LogP contribution in [-0.4, -0.2) is 10.5 Å². The first-order valence-corrected chi connectivity index (χ1v) is 5.39. The van der Waals surface area contributed by atoms with Crippen LogP contribution in [0.4, 0.5) is 0 Å². The second-order valence-corrected chi connectivity index (χ2v) is 3.44. The van der Waals surface area contributed by atoms with E-state index in [0.717, 1.165) is 16.9 Å². The highest BCUT2D eigenvalue weighted by atomic mass is 28.2. The molecular formula is C11H16OSi. The summed E-state index contributed by atoms with van der Waals surface area (Å²) in [7, 11) is 0.783. The first-order chi connectivity index (χ1) is 6.33. The molecule has 2 heteroatoms. The molecule has 0 fully saturated rings. The fourth-order valence-corrected chi connectivity index (χ4v) is 2.09. The molecule has 13 heavy (non-hydrogen) atoms. The topological polar surface area (TPSA) is 9.23 Å². The van der Waals surface area contributed by atoms with Crippen molar-refractivity contribution < 1.29 is 4.43 Å². The first kappa shape index (κ1) is 10.2. The molecule has 0 radical (unpaired) electrons. The minimum Gasteiger partial charge on any atom is -0.421 e. The van der Waals surface area contributed by atoms with Crippen molar-refractivity contribution in [2.75, 3.05) is 0 Å². The Labute approximate surface area is 83.0 Å². The van der Waals surface area contributed by atoms with Gasteiger partial charge in [0.2, 0.25) is 0 Å². The van der Waals surface area contributed by atoms with Crippen LogP contribution in [0.1, 0.15) is 30.6 Å². The predicted octanol–water partition coefficient (Wildman–Crippen LogP) is 2.08. The van der Waals surface area contributed by atoms with Gasteiger partial charge in [0.15, 0.2) is 0 Å². The van der Waals surface area contributed by atoms with Crippen LogP contribution < -0.4 is 0 Å². The van der Waals surface area contributed by atoms with Crippen LogP contribution in [0.15, 0.2) is 30.8 Å². The number of rotatable bonds is 4. The molecule has 0 saturated heterocycles. The van der Waals surface area contributed by atoms with E-state index in [0.29, 0.717) is 0 Å². The summed E-state index contributed by atoms with van der Waals surface area (Å²) in [6.07, 6.45) is 3.16. The lowest BCUT2D eigenvalue weighted by Crippen LogP contribution is -2.02. The van der Waals surface area contributed by atoms with E-state index in [-0.39, 0.29) is 6.10 Å². The third-order valence-corrected chi connectivity index (χ3v) is 2.79. The van der Waals surface area contributed by atoms with E-state index in [1.165, 1.54) is 11.1 Å². The normalized spacial score (nSPS) is 12.7. The zero-order chi connectivity index (χ0) is 9.68. The van der Waals surface area contributed by atoms with E-state index in [1.54, 1.807) is 0 Å². The minimum atomic E-state index is 0.251. The van der Waals surface area contributed by atoms with Crippen molar-refractivity contribution in [1.82, 2.24) is 0 Å². The average Bonchev–Trinajstić information content (AvgIpc) is 2.20. The second-order valence-electron chi connectivity index (χ2n) is 2.97. The monoisotopic (exact) mass is 192 g/mol. The summed E-state index contributed by atoms with van der Waals surface area (Å²) >= 11 is 0. The van der Waals surface area contributed by atoms with E-state index in [9.17, 15) is 0 Å². The molecule has 1 aromatic rings. The fraction of sp³-hybridized carbons (Fsp3) is 0.273. The molecule has 0 heterocycles. The highest BCUT2D eigenvalue weighted by molar-refractivity contribution is 5.98. The van der Waals surface area contributed by atoms with Crippen LogP contribution in [0.2, 0.25) is 0 Å². The highest BCUT2D eigenvalue weighted by Gasteiger charge is 2.09. The Morgan fingerprint density at radius 2 is 2.23 bits per heavy atom. The van der Waals surface area contributed by atoms with Gasteiger partial charge in [0.25, 0.3) is 0 Å². The summed E-state index contributed by atoms with van der Waals surface area (Å²) in [5.74, 6) is 0. The molecule has 0 N–H and O–H groups in total. The van der Waals surface area contributed by atoms with E-state index in [4.69, 9.17) is 4.43 Å². The fourth-order valence-electron chi connectivity index (χ4n) is 1.50. The van der Waals surface area contributed by atoms with Gasteiger partial charge in [-0.2, -0.15) is 0 Å². The maximum atomic E-state index is 5.52. The quantitative estimate of drug-likeness (QED) is 0.664. The van der Waals surface area contributed by atoms with Crippen LogP contribution in [0.3, 0.4) is 0 Å². The third kappa shape index (κ3) is 2.29. The SMILES string of the molecule is C=Cc1ccccc1C(CC)O[SiH3]. The maximum Gasteiger partial charge on any atom is 0.146 e. The minimum absolute atomic E-state index is 0.251. The summed E-state index contributed by atoms with van der Waals surface area (Å²) in [4.78, 5) is 0. The number of hydrogen-bond acceptors (Lipinski definition) is 1. The number of hydrogen-bond donors (Lipinski definition) is 0. The molecule has 0 bridgehead atoms. The Morgan fingerprint density at radius 1 is 1.54 bits per heavy atom. The molecule has 0 aliphatic heterocycles. The lowest BCUT2D eigenvalue weighted by molar-refractivity contribution is 0.222. The van der Waals surface area contributed by atoms with Crippen molar-refractivity contribution in [1.29, 1.82) is 0 Å². The van der Waals surface area contributed by atoms with Crippen molar-refractivity contribution >= 4 is 16.6 Å². The van der Waals surface area contributed by atoms with Crippen LogP contribution in [-0.2, 0) is 4.43 Å². The predicted molar refractivity (Wildman–Crippen MR) is 60.6 cm³/mol. The summed E-state index contributed by atoms with van der Waals surface area (Å²) < 4.78 is 5.52. The van der Waals surface area contributed by atoms with Crippen LogP contribution in [0.5, 0.6) is 0 Å². The molecule has 70 valence electrons. The van der Waals surface area contributed by atoms with Gasteiger partial charge in [-0.25, -0.2) is 0 Å². The molecule has 0 amide bonds. The zero-order valence-corrected chi connectivity index (χ0v) is 10.3. The van der Waals surface area contributed by atoms with E-state index in [2.05, 4.69) is 25.6 Å². The lowest BCUT2D eigenvalue weighted by atomic mass is 10.0. The average molecular weight is 192 g/mol. The van der Waals surface area contributed by atoms with Gasteiger partial charge >= 0.3 is 0 Å². The highest BCUT2D eigenvalue weighted by Crippen LogP contribution is 2.23. The Kier molecular flexibility index (Phi) is 3.93. The summed E-state index contributed by atoms with van der Waals surface area (Å²) in [6, 6.07) is 8.26. The van der Waals surface area contributed by atoms with Crippen molar-refractivity contribution in [3.63, 3.8) is 0 Å². The second kappa shape index (κ2) is 4.99. The molecule has 1 unspecified atom stereocenters. The standard InChI is InChI=1S/C11H16OSi/c1-3-9-7-5-6-8-10(9)11(4-2)12-13/h3,5-8,11H,1,4H2,2,13H3. The largest absolute Gasteiger partial charge is 0.421 e. The maximum absolute atomic E-state index is 5.52. The molecule has 0 aliphatic rings. The Bertz CT molecular complexity index is 279. The first-order valence-electron chi connectivity index (χ1n) is 4.57. The van der Waals surface area contributed by atoms with Crippen molar-refractivity contribution in [3.8, 4) is 0 Å². The Morgan fingerprint density at radius 3 is 2.77 bits per heavy atom.